The minimum atomic E-state index is -1.12. The molecule has 0 aromatic carbocycles. The molecule has 1 atom stereocenters. The molecule has 130 valence electrons. The Bertz CT molecular complexity index is 523. The van der Waals surface area contributed by atoms with Crippen LogP contribution in [0.2, 0.25) is 0 Å². The molecule has 2 N–H and O–H groups in total. The molecule has 0 aliphatic rings. The fourth-order valence-corrected chi connectivity index (χ4v) is 1.61. The van der Waals surface area contributed by atoms with E-state index in [1.165, 1.54) is 0 Å². The van der Waals surface area contributed by atoms with Gasteiger partial charge in [0, 0.05) is 13.0 Å². The maximum Gasteiger partial charge on any atom is 0.326 e. The zero-order chi connectivity index (χ0) is 17.5. The van der Waals surface area contributed by atoms with Gasteiger partial charge in [0.25, 0.3) is 5.89 Å². The third kappa shape index (κ3) is 8.27. The molecule has 1 aromatic heterocycles. The molecule has 0 saturated carbocycles. The molecule has 0 spiro atoms. The predicted molar refractivity (Wildman–Crippen MR) is 78.6 cm³/mol. The molecule has 1 aromatic rings. The molecule has 9 heteroatoms. The summed E-state index contributed by atoms with van der Waals surface area (Å²) < 4.78 is 15.4. The number of amides is 1. The van der Waals surface area contributed by atoms with Gasteiger partial charge in [-0.15, -0.1) is 0 Å². The molecule has 1 unspecified atom stereocenters. The maximum absolute atomic E-state index is 11.7. The number of aromatic nitrogens is 2. The summed E-state index contributed by atoms with van der Waals surface area (Å²) >= 11 is 0. The maximum atomic E-state index is 11.7. The summed E-state index contributed by atoms with van der Waals surface area (Å²) in [5.41, 5.74) is -0.363. The zero-order valence-electron chi connectivity index (χ0n) is 13.8. The smallest absolute Gasteiger partial charge is 0.326 e. The minimum Gasteiger partial charge on any atom is -0.480 e. The topological polar surface area (TPSA) is 124 Å². The van der Waals surface area contributed by atoms with Crippen LogP contribution >= 0.6 is 0 Å². The Kier molecular flexibility index (Phi) is 7.11. The molecule has 9 nitrogen and oxygen atoms in total. The largest absolute Gasteiger partial charge is 0.480 e. The van der Waals surface area contributed by atoms with Crippen LogP contribution < -0.4 is 5.32 Å². The molecule has 0 radical (unpaired) electrons. The number of carboxylic acid groups (broad SMARTS) is 1. The van der Waals surface area contributed by atoms with Crippen LogP contribution in [-0.4, -0.2) is 52.0 Å². The van der Waals surface area contributed by atoms with Crippen LogP contribution in [0.25, 0.3) is 0 Å². The summed E-state index contributed by atoms with van der Waals surface area (Å²) in [6.07, 6.45) is 0.168. The number of aryl methyl sites for hydroxylation is 1. The normalized spacial score (nSPS) is 12.9. The highest BCUT2D eigenvalue weighted by atomic mass is 16.5. The van der Waals surface area contributed by atoms with Gasteiger partial charge in [0.2, 0.25) is 5.91 Å². The summed E-state index contributed by atoms with van der Waals surface area (Å²) in [4.78, 5) is 26.8. The molecule has 0 aliphatic heterocycles. The van der Waals surface area contributed by atoms with Crippen LogP contribution in [0.3, 0.4) is 0 Å². The minimum absolute atomic E-state index is 0.0147. The highest BCUT2D eigenvalue weighted by Crippen LogP contribution is 2.08. The van der Waals surface area contributed by atoms with E-state index in [1.807, 2.05) is 20.8 Å². The van der Waals surface area contributed by atoms with Crippen molar-refractivity contribution in [2.24, 2.45) is 0 Å². The van der Waals surface area contributed by atoms with Gasteiger partial charge in [-0.2, -0.15) is 4.98 Å². The number of rotatable bonds is 9. The summed E-state index contributed by atoms with van der Waals surface area (Å²) in [6.45, 7) is 7.18. The van der Waals surface area contributed by atoms with E-state index in [0.29, 0.717) is 5.82 Å². The third-order valence-corrected chi connectivity index (χ3v) is 2.60. The molecule has 23 heavy (non-hydrogen) atoms. The second-order valence-electron chi connectivity index (χ2n) is 5.94. The molecular formula is C14H23N3O6. The van der Waals surface area contributed by atoms with Crippen molar-refractivity contribution in [1.82, 2.24) is 15.5 Å². The number of nitrogens with one attached hydrogen (secondary N) is 1. The van der Waals surface area contributed by atoms with Gasteiger partial charge in [-0.3, -0.25) is 4.79 Å². The number of carbonyl (C=O) groups excluding carboxylic acids is 1. The SMILES string of the molecule is Cc1noc(COCC(=O)NC(CCOC(C)(C)C)C(=O)O)n1. The number of carbonyl (C=O) groups is 2. The van der Waals surface area contributed by atoms with E-state index in [9.17, 15) is 9.59 Å². The average molecular weight is 329 g/mol. The third-order valence-electron chi connectivity index (χ3n) is 2.60. The standard InChI is InChI=1S/C14H23N3O6/c1-9-15-12(23-17-9)8-21-7-11(18)16-10(13(19)20)5-6-22-14(2,3)4/h10H,5-8H2,1-4H3,(H,16,18)(H,19,20). The lowest BCUT2D eigenvalue weighted by atomic mass is 10.2. The first-order valence-corrected chi connectivity index (χ1v) is 7.20. The zero-order valence-corrected chi connectivity index (χ0v) is 13.8. The van der Waals surface area contributed by atoms with E-state index in [1.54, 1.807) is 6.92 Å². The van der Waals surface area contributed by atoms with Gasteiger partial charge in [0.05, 0.1) is 5.60 Å². The fraction of sp³-hybridized carbons (Fsp3) is 0.714. The van der Waals surface area contributed by atoms with Crippen LogP contribution in [0.5, 0.6) is 0 Å². The lowest BCUT2D eigenvalue weighted by molar-refractivity contribution is -0.143. The lowest BCUT2D eigenvalue weighted by Crippen LogP contribution is -2.43. The number of carboxylic acids is 1. The van der Waals surface area contributed by atoms with E-state index in [-0.39, 0.29) is 37.7 Å². The van der Waals surface area contributed by atoms with Gasteiger partial charge in [-0.05, 0) is 27.7 Å². The van der Waals surface area contributed by atoms with E-state index in [4.69, 9.17) is 19.1 Å². The molecule has 1 rings (SSSR count). The second kappa shape index (κ2) is 8.59. The van der Waals surface area contributed by atoms with Crippen molar-refractivity contribution < 1.29 is 28.7 Å². The molecule has 0 aliphatic carbocycles. The first-order chi connectivity index (χ1) is 10.7. The highest BCUT2D eigenvalue weighted by molar-refractivity contribution is 5.84. The summed E-state index contributed by atoms with van der Waals surface area (Å²) in [5, 5.41) is 15.1. The van der Waals surface area contributed by atoms with Gasteiger partial charge in [-0.1, -0.05) is 5.16 Å². The van der Waals surface area contributed by atoms with Crippen molar-refractivity contribution in [1.29, 1.82) is 0 Å². The molecule has 0 saturated heterocycles. The Morgan fingerprint density at radius 2 is 2.09 bits per heavy atom. The monoisotopic (exact) mass is 329 g/mol. The van der Waals surface area contributed by atoms with Gasteiger partial charge in [-0.25, -0.2) is 4.79 Å². The Morgan fingerprint density at radius 3 is 2.61 bits per heavy atom. The summed E-state index contributed by atoms with van der Waals surface area (Å²) in [6, 6.07) is -1.03. The molecule has 1 amide bonds. The number of hydrogen-bond donors (Lipinski definition) is 2. The predicted octanol–water partition coefficient (Wildman–Crippen LogP) is 0.669. The fourth-order valence-electron chi connectivity index (χ4n) is 1.61. The number of nitrogens with zero attached hydrogens (tertiary/aromatic N) is 2. The number of hydrogen-bond acceptors (Lipinski definition) is 7. The Labute approximate surface area is 134 Å². The molecule has 0 bridgehead atoms. The van der Waals surface area contributed by atoms with E-state index in [2.05, 4.69) is 15.5 Å². The van der Waals surface area contributed by atoms with Crippen molar-refractivity contribution >= 4 is 11.9 Å². The molecule has 0 fully saturated rings. The van der Waals surface area contributed by atoms with Crippen molar-refractivity contribution in [3.63, 3.8) is 0 Å². The summed E-state index contributed by atoms with van der Waals surface area (Å²) in [7, 11) is 0. The van der Waals surface area contributed by atoms with Crippen molar-refractivity contribution in [2.45, 2.75) is 52.4 Å². The average Bonchev–Trinajstić information content (AvgIpc) is 2.81. The first-order valence-electron chi connectivity index (χ1n) is 7.20. The van der Waals surface area contributed by atoms with E-state index >= 15 is 0 Å². The molecule has 1 heterocycles. The second-order valence-corrected chi connectivity index (χ2v) is 5.94. The van der Waals surface area contributed by atoms with Crippen LogP contribution in [-0.2, 0) is 25.7 Å². The van der Waals surface area contributed by atoms with Crippen molar-refractivity contribution in [3.05, 3.63) is 11.7 Å². The van der Waals surface area contributed by atoms with Crippen molar-refractivity contribution in [3.8, 4) is 0 Å². The Morgan fingerprint density at radius 1 is 1.39 bits per heavy atom. The Balaban J connectivity index is 2.31. The van der Waals surface area contributed by atoms with Gasteiger partial charge < -0.3 is 24.4 Å². The van der Waals surface area contributed by atoms with Gasteiger partial charge in [0.1, 0.15) is 19.3 Å². The van der Waals surface area contributed by atoms with Crippen molar-refractivity contribution in [2.75, 3.05) is 13.2 Å². The summed E-state index contributed by atoms with van der Waals surface area (Å²) in [5.74, 6) is -0.936. The van der Waals surface area contributed by atoms with Gasteiger partial charge >= 0.3 is 5.97 Å². The van der Waals surface area contributed by atoms with Gasteiger partial charge in [0.15, 0.2) is 5.82 Å². The van der Waals surface area contributed by atoms with Crippen LogP contribution in [0.4, 0.5) is 0 Å². The lowest BCUT2D eigenvalue weighted by Gasteiger charge is -2.21. The number of ether oxygens (including phenoxy) is 2. The highest BCUT2D eigenvalue weighted by Gasteiger charge is 2.21. The molecular weight excluding hydrogens is 306 g/mol. The quantitative estimate of drug-likeness (QED) is 0.677. The van der Waals surface area contributed by atoms with Crippen LogP contribution in [0.15, 0.2) is 4.52 Å². The van der Waals surface area contributed by atoms with E-state index < -0.39 is 17.9 Å². The number of aliphatic carboxylic acids is 1. The van der Waals surface area contributed by atoms with Crippen LogP contribution in [0.1, 0.15) is 38.9 Å². The Hall–Kier alpha value is -2.00. The van der Waals surface area contributed by atoms with Crippen LogP contribution in [0, 0.1) is 6.92 Å². The van der Waals surface area contributed by atoms with E-state index in [0.717, 1.165) is 0 Å². The first kappa shape index (κ1) is 19.0.